The minimum atomic E-state index is -0.429. The van der Waals surface area contributed by atoms with E-state index < -0.39 is 11.7 Å². The van der Waals surface area contributed by atoms with Gasteiger partial charge in [-0.3, -0.25) is 4.79 Å². The summed E-state index contributed by atoms with van der Waals surface area (Å²) in [7, 11) is 0. The van der Waals surface area contributed by atoms with Crippen LogP contribution in [0.25, 0.3) is 0 Å². The number of aromatic nitrogens is 2. The van der Waals surface area contributed by atoms with Crippen molar-refractivity contribution < 1.29 is 9.18 Å². The van der Waals surface area contributed by atoms with E-state index >= 15 is 0 Å². The summed E-state index contributed by atoms with van der Waals surface area (Å²) in [6.07, 6.45) is 0. The normalized spacial score (nSPS) is 10.2. The Morgan fingerprint density at radius 2 is 1.71 bits per heavy atom. The highest BCUT2D eigenvalue weighted by Gasteiger charge is 2.11. The molecule has 1 heterocycles. The molecule has 3 aromatic rings. The molecule has 0 radical (unpaired) electrons. The first-order valence-corrected chi connectivity index (χ1v) is 7.35. The van der Waals surface area contributed by atoms with Gasteiger partial charge in [0.25, 0.3) is 5.91 Å². The average molecular weight is 322 g/mol. The number of carbonyl (C=O) groups is 1. The zero-order chi connectivity index (χ0) is 16.9. The molecule has 3 rings (SSSR count). The molecule has 0 aliphatic rings. The van der Waals surface area contributed by atoms with Crippen molar-refractivity contribution in [3.8, 4) is 0 Å². The van der Waals surface area contributed by atoms with Crippen molar-refractivity contribution in [2.75, 3.05) is 10.6 Å². The molecule has 6 heteroatoms. The van der Waals surface area contributed by atoms with Gasteiger partial charge in [-0.05, 0) is 37.3 Å². The lowest BCUT2D eigenvalue weighted by atomic mass is 10.3. The molecule has 5 nitrogen and oxygen atoms in total. The first-order valence-electron chi connectivity index (χ1n) is 7.35. The predicted octanol–water partition coefficient (Wildman–Crippen LogP) is 3.92. The maximum atomic E-state index is 13.2. The molecule has 1 aromatic heterocycles. The summed E-state index contributed by atoms with van der Waals surface area (Å²) in [6.45, 7) is 1.70. The van der Waals surface area contributed by atoms with Gasteiger partial charge in [0.1, 0.15) is 23.2 Å². The first kappa shape index (κ1) is 15.6. The maximum absolute atomic E-state index is 13.2. The van der Waals surface area contributed by atoms with Gasteiger partial charge in [-0.25, -0.2) is 14.4 Å². The molecule has 0 fully saturated rings. The molecule has 0 bridgehead atoms. The number of carbonyl (C=O) groups excluding carboxylic acids is 1. The van der Waals surface area contributed by atoms with E-state index in [1.165, 1.54) is 18.2 Å². The Kier molecular flexibility index (Phi) is 4.47. The van der Waals surface area contributed by atoms with Gasteiger partial charge in [-0.15, -0.1) is 0 Å². The molecule has 0 aliphatic heterocycles. The molecule has 0 aliphatic carbocycles. The number of halogens is 1. The fraction of sp³-hybridized carbons (Fsp3) is 0.0556. The SMILES string of the molecule is Cc1nc(Nc2ccccc2)cc(C(=O)Nc2cccc(F)c2)n1. The summed E-state index contributed by atoms with van der Waals surface area (Å²) < 4.78 is 13.2. The van der Waals surface area contributed by atoms with Gasteiger partial charge in [-0.2, -0.15) is 0 Å². The fourth-order valence-corrected chi connectivity index (χ4v) is 2.18. The molecule has 24 heavy (non-hydrogen) atoms. The smallest absolute Gasteiger partial charge is 0.274 e. The molecule has 2 N–H and O–H groups in total. The first-order chi connectivity index (χ1) is 11.6. The molecule has 120 valence electrons. The van der Waals surface area contributed by atoms with E-state index in [-0.39, 0.29) is 5.69 Å². The number of aryl methyl sites for hydroxylation is 1. The Balaban J connectivity index is 1.81. The molecular formula is C18H15FN4O. The largest absolute Gasteiger partial charge is 0.340 e. The lowest BCUT2D eigenvalue weighted by Gasteiger charge is -2.09. The number of hydrogen-bond acceptors (Lipinski definition) is 4. The Labute approximate surface area is 138 Å². The predicted molar refractivity (Wildman–Crippen MR) is 90.8 cm³/mol. The molecular weight excluding hydrogens is 307 g/mol. The van der Waals surface area contributed by atoms with Crippen LogP contribution in [0.2, 0.25) is 0 Å². The van der Waals surface area contributed by atoms with Crippen molar-refractivity contribution >= 4 is 23.1 Å². The van der Waals surface area contributed by atoms with Crippen LogP contribution in [0.5, 0.6) is 0 Å². The fourth-order valence-electron chi connectivity index (χ4n) is 2.18. The summed E-state index contributed by atoms with van der Waals surface area (Å²) in [5.74, 6) is 0.124. The minimum absolute atomic E-state index is 0.199. The van der Waals surface area contributed by atoms with Gasteiger partial charge in [0, 0.05) is 17.4 Å². The van der Waals surface area contributed by atoms with Crippen LogP contribution in [0.3, 0.4) is 0 Å². The topological polar surface area (TPSA) is 66.9 Å². The highest BCUT2D eigenvalue weighted by molar-refractivity contribution is 6.03. The number of nitrogens with one attached hydrogen (secondary N) is 2. The summed E-state index contributed by atoms with van der Waals surface area (Å²) in [5, 5.41) is 5.74. The number of para-hydroxylation sites is 1. The second kappa shape index (κ2) is 6.87. The molecule has 0 saturated heterocycles. The molecule has 0 saturated carbocycles. The zero-order valence-electron chi connectivity index (χ0n) is 13.0. The highest BCUT2D eigenvalue weighted by atomic mass is 19.1. The summed E-state index contributed by atoms with van der Waals surface area (Å²) >= 11 is 0. The molecule has 1 amide bonds. The molecule has 0 atom stereocenters. The van der Waals surface area contributed by atoms with Crippen molar-refractivity contribution in [1.82, 2.24) is 9.97 Å². The zero-order valence-corrected chi connectivity index (χ0v) is 13.0. The lowest BCUT2D eigenvalue weighted by molar-refractivity contribution is 0.102. The van der Waals surface area contributed by atoms with Crippen LogP contribution in [0.4, 0.5) is 21.6 Å². The van der Waals surface area contributed by atoms with Gasteiger partial charge in [0.2, 0.25) is 0 Å². The Morgan fingerprint density at radius 3 is 2.46 bits per heavy atom. The van der Waals surface area contributed by atoms with Crippen molar-refractivity contribution in [1.29, 1.82) is 0 Å². The third kappa shape index (κ3) is 3.92. The Hall–Kier alpha value is -3.28. The van der Waals surface area contributed by atoms with Crippen molar-refractivity contribution in [3.63, 3.8) is 0 Å². The summed E-state index contributed by atoms with van der Waals surface area (Å²) in [6, 6.07) is 16.7. The minimum Gasteiger partial charge on any atom is -0.340 e. The van der Waals surface area contributed by atoms with Crippen molar-refractivity contribution in [2.24, 2.45) is 0 Å². The number of anilines is 3. The van der Waals surface area contributed by atoms with Crippen LogP contribution < -0.4 is 10.6 Å². The van der Waals surface area contributed by atoms with Crippen LogP contribution in [-0.4, -0.2) is 15.9 Å². The van der Waals surface area contributed by atoms with E-state index in [1.807, 2.05) is 30.3 Å². The van der Waals surface area contributed by atoms with E-state index in [4.69, 9.17) is 0 Å². The quantitative estimate of drug-likeness (QED) is 0.764. The van der Waals surface area contributed by atoms with Crippen LogP contribution >= 0.6 is 0 Å². The number of amides is 1. The molecule has 2 aromatic carbocycles. The third-order valence-electron chi connectivity index (χ3n) is 3.20. The van der Waals surface area contributed by atoms with Crippen molar-refractivity contribution in [2.45, 2.75) is 6.92 Å². The standard InChI is InChI=1S/C18H15FN4O/c1-12-20-16(18(24)23-15-9-5-6-13(19)10-15)11-17(21-12)22-14-7-3-2-4-8-14/h2-11H,1H3,(H,23,24)(H,20,21,22). The van der Waals surface area contributed by atoms with Gasteiger partial charge in [0.15, 0.2) is 0 Å². The van der Waals surface area contributed by atoms with E-state index in [0.717, 1.165) is 5.69 Å². The molecule has 0 unspecified atom stereocenters. The van der Waals surface area contributed by atoms with E-state index in [9.17, 15) is 9.18 Å². The Morgan fingerprint density at radius 1 is 0.958 bits per heavy atom. The monoisotopic (exact) mass is 322 g/mol. The Bertz CT molecular complexity index is 868. The highest BCUT2D eigenvalue weighted by Crippen LogP contribution is 2.16. The summed E-state index contributed by atoms with van der Waals surface area (Å²) in [5.41, 5.74) is 1.42. The number of nitrogens with zero attached hydrogens (tertiary/aromatic N) is 2. The summed E-state index contributed by atoms with van der Waals surface area (Å²) in [4.78, 5) is 20.7. The second-order valence-corrected chi connectivity index (χ2v) is 5.14. The van der Waals surface area contributed by atoms with Crippen molar-refractivity contribution in [3.05, 3.63) is 78.0 Å². The van der Waals surface area contributed by atoms with Crippen LogP contribution in [-0.2, 0) is 0 Å². The average Bonchev–Trinajstić information content (AvgIpc) is 2.55. The van der Waals surface area contributed by atoms with Gasteiger partial charge in [0.05, 0.1) is 0 Å². The molecule has 0 spiro atoms. The van der Waals surface area contributed by atoms with E-state index in [2.05, 4.69) is 20.6 Å². The second-order valence-electron chi connectivity index (χ2n) is 5.14. The van der Waals surface area contributed by atoms with Gasteiger partial charge in [-0.1, -0.05) is 24.3 Å². The maximum Gasteiger partial charge on any atom is 0.274 e. The van der Waals surface area contributed by atoms with Crippen LogP contribution in [0, 0.1) is 12.7 Å². The third-order valence-corrected chi connectivity index (χ3v) is 3.20. The number of rotatable bonds is 4. The number of benzene rings is 2. The van der Waals surface area contributed by atoms with Gasteiger partial charge < -0.3 is 10.6 Å². The van der Waals surface area contributed by atoms with E-state index in [1.54, 1.807) is 19.1 Å². The van der Waals surface area contributed by atoms with Crippen LogP contribution in [0.1, 0.15) is 16.3 Å². The van der Waals surface area contributed by atoms with E-state index in [0.29, 0.717) is 17.3 Å². The van der Waals surface area contributed by atoms with Crippen LogP contribution in [0.15, 0.2) is 60.7 Å². The van der Waals surface area contributed by atoms with Gasteiger partial charge >= 0.3 is 0 Å². The lowest BCUT2D eigenvalue weighted by Crippen LogP contribution is -2.15. The number of hydrogen-bond donors (Lipinski definition) is 2.